The number of primary amides is 1. The molecule has 4 aromatic rings. The Labute approximate surface area is 259 Å². The monoisotopic (exact) mass is 634 g/mol. The fraction of sp³-hybridized carbons (Fsp3) is 0.273. The van der Waals surface area contributed by atoms with Crippen LogP contribution >= 0.6 is 0 Å². The second kappa shape index (κ2) is 11.8. The molecule has 3 heterocycles. The number of sulfonamides is 1. The van der Waals surface area contributed by atoms with E-state index in [1.54, 1.807) is 11.0 Å². The van der Waals surface area contributed by atoms with Gasteiger partial charge in [0.2, 0.25) is 10.0 Å². The predicted octanol–water partition coefficient (Wildman–Crippen LogP) is 5.27. The fourth-order valence-electron chi connectivity index (χ4n) is 5.96. The van der Waals surface area contributed by atoms with Crippen LogP contribution in [0.15, 0.2) is 66.7 Å². The molecule has 0 spiro atoms. The highest BCUT2D eigenvalue weighted by Crippen LogP contribution is 2.39. The molecule has 1 saturated heterocycles. The number of halogens is 2. The highest BCUT2D eigenvalue weighted by molar-refractivity contribution is 7.88. The summed E-state index contributed by atoms with van der Waals surface area (Å²) in [4.78, 5) is 31.3. The van der Waals surface area contributed by atoms with Crippen molar-refractivity contribution in [2.45, 2.75) is 25.8 Å². The number of aromatic nitrogens is 1. The summed E-state index contributed by atoms with van der Waals surface area (Å²) in [6.45, 7) is 3.19. The summed E-state index contributed by atoms with van der Waals surface area (Å²) in [5, 5.41) is 0.750. The number of nitrogens with one attached hydrogen (secondary N) is 1. The van der Waals surface area contributed by atoms with Crippen LogP contribution in [0.4, 0.5) is 14.5 Å². The minimum Gasteiger partial charge on any atom is -0.377 e. The molecule has 0 unspecified atom stereocenters. The molecule has 0 aliphatic carbocycles. The first kappa shape index (κ1) is 30.6. The van der Waals surface area contributed by atoms with Gasteiger partial charge in [0.15, 0.2) is 0 Å². The van der Waals surface area contributed by atoms with Crippen LogP contribution in [0.3, 0.4) is 0 Å². The van der Waals surface area contributed by atoms with Crippen LogP contribution in [0.25, 0.3) is 27.6 Å². The first-order chi connectivity index (χ1) is 21.4. The zero-order valence-electron chi connectivity index (χ0n) is 24.7. The minimum absolute atomic E-state index is 0.158. The lowest BCUT2D eigenvalue weighted by Gasteiger charge is -2.38. The first-order valence-electron chi connectivity index (χ1n) is 14.4. The molecule has 2 amide bonds. The minimum atomic E-state index is -3.31. The zero-order chi connectivity index (χ0) is 32.0. The Bertz CT molecular complexity index is 1950. The van der Waals surface area contributed by atoms with Crippen molar-refractivity contribution >= 4 is 44.0 Å². The van der Waals surface area contributed by atoms with Gasteiger partial charge in [-0.2, -0.15) is 4.31 Å². The number of carbonyl (C=O) groups is 2. The number of rotatable bonds is 8. The number of carbonyl (C=O) groups excluding carboxylic acids is 2. The van der Waals surface area contributed by atoms with Crippen molar-refractivity contribution in [3.05, 3.63) is 94.7 Å². The number of anilines is 1. The Hall–Kier alpha value is -4.39. The van der Waals surface area contributed by atoms with E-state index in [9.17, 15) is 26.8 Å². The zero-order valence-corrected chi connectivity index (χ0v) is 25.5. The Balaban J connectivity index is 1.43. The van der Waals surface area contributed by atoms with Gasteiger partial charge in [0.05, 0.1) is 36.6 Å². The Kier molecular flexibility index (Phi) is 8.06. The third kappa shape index (κ3) is 5.76. The van der Waals surface area contributed by atoms with Crippen LogP contribution in [0.2, 0.25) is 0 Å². The van der Waals surface area contributed by atoms with Crippen LogP contribution in [0, 0.1) is 6.92 Å². The number of H-pyrrole nitrogens is 1. The molecule has 234 valence electrons. The van der Waals surface area contributed by atoms with Crippen LogP contribution in [-0.4, -0.2) is 68.1 Å². The molecule has 6 rings (SSSR count). The molecule has 0 atom stereocenters. The third-order valence-electron chi connectivity index (χ3n) is 8.52. The lowest BCUT2D eigenvalue weighted by Crippen LogP contribution is -2.52. The highest BCUT2D eigenvalue weighted by Gasteiger charge is 2.33. The molecule has 1 aromatic heterocycles. The maximum Gasteiger partial charge on any atom is 0.263 e. The van der Waals surface area contributed by atoms with Crippen molar-refractivity contribution in [3.63, 3.8) is 0 Å². The lowest BCUT2D eigenvalue weighted by atomic mass is 9.93. The number of nitrogens with zero attached hydrogens (tertiary/aromatic N) is 2. The fourth-order valence-corrected chi connectivity index (χ4v) is 6.73. The van der Waals surface area contributed by atoms with Crippen molar-refractivity contribution in [2.24, 2.45) is 5.73 Å². The van der Waals surface area contributed by atoms with E-state index < -0.39 is 22.4 Å². The highest BCUT2D eigenvalue weighted by atomic mass is 32.2. The second-order valence-corrected chi connectivity index (χ2v) is 13.3. The number of ether oxygens (including phenoxy) is 1. The molecule has 3 aromatic carbocycles. The number of benzene rings is 3. The molecule has 0 saturated carbocycles. The third-order valence-corrected chi connectivity index (χ3v) is 9.78. The van der Waals surface area contributed by atoms with Crippen LogP contribution in [0.1, 0.15) is 50.4 Å². The molecule has 2 aliphatic rings. The molecule has 0 radical (unpaired) electrons. The molecular formula is C33H32F2N4O5S. The van der Waals surface area contributed by atoms with Gasteiger partial charge in [0.25, 0.3) is 18.2 Å². The van der Waals surface area contributed by atoms with Gasteiger partial charge >= 0.3 is 0 Å². The summed E-state index contributed by atoms with van der Waals surface area (Å²) in [6.07, 6.45) is 0.913. The maximum absolute atomic E-state index is 13.8. The summed E-state index contributed by atoms with van der Waals surface area (Å²) in [5.41, 5.74) is 11.5. The topological polar surface area (TPSA) is 126 Å². The molecule has 2 aliphatic heterocycles. The van der Waals surface area contributed by atoms with E-state index in [0.29, 0.717) is 42.9 Å². The van der Waals surface area contributed by atoms with Gasteiger partial charge in [-0.3, -0.25) is 9.59 Å². The van der Waals surface area contributed by atoms with Crippen molar-refractivity contribution in [1.29, 1.82) is 0 Å². The summed E-state index contributed by atoms with van der Waals surface area (Å²) in [5.74, 6) is -0.916. The van der Waals surface area contributed by atoms with Gasteiger partial charge in [-0.1, -0.05) is 36.4 Å². The van der Waals surface area contributed by atoms with Crippen molar-refractivity contribution < 1.29 is 31.5 Å². The van der Waals surface area contributed by atoms with Gasteiger partial charge in [0, 0.05) is 41.0 Å². The average molecular weight is 635 g/mol. The number of fused-ring (bicyclic) bond motifs is 1. The number of hydrogen-bond donors (Lipinski definition) is 2. The number of aromatic amines is 1. The van der Waals surface area contributed by atoms with E-state index in [1.807, 2.05) is 43.3 Å². The molecular weight excluding hydrogens is 602 g/mol. The predicted molar refractivity (Wildman–Crippen MR) is 169 cm³/mol. The van der Waals surface area contributed by atoms with E-state index >= 15 is 0 Å². The number of amides is 2. The standard InChI is InChI=1S/C33H32F2N4O5S/c1-19-24(4-3-5-29(19)39(23-17-44-18-23)33(41)22-8-6-21(7-9-22)31(34)35)25-10-11-26(32(36)40)30-27(25)16-28(37-30)20-12-14-38(15-13-20)45(2,42)43/h3-12,16,23,31,37H,13-15,17-18H2,1-2H3,(H2,36,40). The average Bonchev–Trinajstić information content (AvgIpc) is 3.44. The Morgan fingerprint density at radius 3 is 2.38 bits per heavy atom. The van der Waals surface area contributed by atoms with E-state index in [1.165, 1.54) is 34.8 Å². The van der Waals surface area contributed by atoms with Gasteiger partial charge in [-0.15, -0.1) is 0 Å². The van der Waals surface area contributed by atoms with Crippen molar-refractivity contribution in [2.75, 3.05) is 37.5 Å². The SMILES string of the molecule is Cc1c(-c2ccc(C(N)=O)c3[nH]c(C4=CCN(S(C)(=O)=O)CC4)cc23)cccc1N(C(=O)c1ccc(C(F)F)cc1)C1COC1. The van der Waals surface area contributed by atoms with Crippen molar-refractivity contribution in [3.8, 4) is 11.1 Å². The van der Waals surface area contributed by atoms with Crippen LogP contribution in [0.5, 0.6) is 0 Å². The van der Waals surface area contributed by atoms with E-state index in [-0.39, 0.29) is 29.6 Å². The van der Waals surface area contributed by atoms with Gasteiger partial charge < -0.3 is 20.4 Å². The van der Waals surface area contributed by atoms with E-state index in [0.717, 1.165) is 33.3 Å². The normalized spacial score (nSPS) is 16.1. The number of hydrogen-bond acceptors (Lipinski definition) is 5. The molecule has 12 heteroatoms. The van der Waals surface area contributed by atoms with E-state index in [2.05, 4.69) is 4.98 Å². The maximum atomic E-state index is 13.8. The first-order valence-corrected chi connectivity index (χ1v) is 16.3. The van der Waals surface area contributed by atoms with Crippen LogP contribution in [-0.2, 0) is 14.8 Å². The van der Waals surface area contributed by atoms with Gasteiger partial charge in [-0.05, 0) is 65.9 Å². The van der Waals surface area contributed by atoms with Crippen molar-refractivity contribution in [1.82, 2.24) is 9.29 Å². The lowest BCUT2D eigenvalue weighted by molar-refractivity contribution is 0.00830. The quantitative estimate of drug-likeness (QED) is 0.273. The number of alkyl halides is 2. The summed E-state index contributed by atoms with van der Waals surface area (Å²) in [7, 11) is -3.31. The Morgan fingerprint density at radius 1 is 1.07 bits per heavy atom. The molecule has 3 N–H and O–H groups in total. The largest absolute Gasteiger partial charge is 0.377 e. The molecule has 1 fully saturated rings. The van der Waals surface area contributed by atoms with Crippen LogP contribution < -0.4 is 10.6 Å². The molecule has 45 heavy (non-hydrogen) atoms. The molecule has 9 nitrogen and oxygen atoms in total. The summed E-state index contributed by atoms with van der Waals surface area (Å²) >= 11 is 0. The van der Waals surface area contributed by atoms with Gasteiger partial charge in [0.1, 0.15) is 0 Å². The second-order valence-electron chi connectivity index (χ2n) is 11.3. The number of nitrogens with two attached hydrogens (primary N) is 1. The summed E-state index contributed by atoms with van der Waals surface area (Å²) in [6, 6.07) is 16.2. The van der Waals surface area contributed by atoms with E-state index in [4.69, 9.17) is 10.5 Å². The smallest absolute Gasteiger partial charge is 0.263 e. The van der Waals surface area contributed by atoms with Gasteiger partial charge in [-0.25, -0.2) is 17.2 Å². The molecule has 0 bridgehead atoms. The summed E-state index contributed by atoms with van der Waals surface area (Å²) < 4.78 is 57.1. The Morgan fingerprint density at radius 2 is 1.80 bits per heavy atom.